The monoisotopic (exact) mass is 327 g/mol. The van der Waals surface area contributed by atoms with Gasteiger partial charge in [0.1, 0.15) is 0 Å². The average Bonchev–Trinajstić information content (AvgIpc) is 2.67. The van der Waals surface area contributed by atoms with Crippen LogP contribution in [0.25, 0.3) is 0 Å². The summed E-state index contributed by atoms with van der Waals surface area (Å²) in [6, 6.07) is 3.84. The van der Waals surface area contributed by atoms with Crippen molar-refractivity contribution in [3.63, 3.8) is 0 Å². The summed E-state index contributed by atoms with van der Waals surface area (Å²) in [5.74, 6) is 0. The fourth-order valence-corrected chi connectivity index (χ4v) is 3.00. The van der Waals surface area contributed by atoms with Crippen LogP contribution in [0.1, 0.15) is 18.7 Å². The molecule has 0 fully saturated rings. The summed E-state index contributed by atoms with van der Waals surface area (Å²) < 4.78 is 2.48. The van der Waals surface area contributed by atoms with E-state index in [9.17, 15) is 4.79 Å². The number of nitrogens with zero attached hydrogens (tertiary/aromatic N) is 2. The van der Waals surface area contributed by atoms with Gasteiger partial charge in [-0.15, -0.1) is 11.3 Å². The summed E-state index contributed by atoms with van der Waals surface area (Å²) >= 11 is 5.06. The highest BCUT2D eigenvalue weighted by atomic mass is 79.9. The molecule has 0 saturated carbocycles. The first-order valence-electron chi connectivity index (χ1n) is 5.62. The Bertz CT molecular complexity index is 591. The molecule has 2 rings (SSSR count). The quantitative estimate of drug-likeness (QED) is 0.939. The van der Waals surface area contributed by atoms with Crippen LogP contribution in [-0.4, -0.2) is 15.8 Å². The zero-order valence-electron chi connectivity index (χ0n) is 10.2. The molecule has 0 atom stereocenters. The first-order chi connectivity index (χ1) is 8.56. The van der Waals surface area contributed by atoms with Crippen molar-refractivity contribution in [3.05, 3.63) is 43.4 Å². The van der Waals surface area contributed by atoms with Crippen molar-refractivity contribution in [2.75, 3.05) is 5.32 Å². The Morgan fingerprint density at radius 1 is 1.56 bits per heavy atom. The van der Waals surface area contributed by atoms with Crippen molar-refractivity contribution in [3.8, 4) is 0 Å². The van der Waals surface area contributed by atoms with Crippen LogP contribution in [0.15, 0.2) is 33.0 Å². The van der Waals surface area contributed by atoms with Gasteiger partial charge in [0.25, 0.3) is 5.56 Å². The second-order valence-electron chi connectivity index (χ2n) is 4.23. The minimum absolute atomic E-state index is 0.0963. The van der Waals surface area contributed by atoms with Crippen molar-refractivity contribution < 1.29 is 0 Å². The first-order valence-corrected chi connectivity index (χ1v) is 7.29. The van der Waals surface area contributed by atoms with Gasteiger partial charge in [-0.3, -0.25) is 4.79 Å². The van der Waals surface area contributed by atoms with Crippen molar-refractivity contribution in [2.45, 2.75) is 26.4 Å². The molecule has 18 heavy (non-hydrogen) atoms. The lowest BCUT2D eigenvalue weighted by Gasteiger charge is -2.10. The molecule has 2 aromatic rings. The van der Waals surface area contributed by atoms with E-state index < -0.39 is 0 Å². The zero-order valence-corrected chi connectivity index (χ0v) is 12.6. The van der Waals surface area contributed by atoms with Crippen LogP contribution in [0.3, 0.4) is 0 Å². The van der Waals surface area contributed by atoms with E-state index >= 15 is 0 Å². The van der Waals surface area contributed by atoms with Gasteiger partial charge in [-0.1, -0.05) is 0 Å². The maximum atomic E-state index is 11.9. The summed E-state index contributed by atoms with van der Waals surface area (Å²) in [5, 5.41) is 9.32. The van der Waals surface area contributed by atoms with E-state index in [1.807, 2.05) is 25.3 Å². The molecule has 0 aromatic carbocycles. The highest BCUT2D eigenvalue weighted by Gasteiger charge is 2.06. The molecular formula is C12H14BrN3OS. The molecule has 1 N–H and O–H groups in total. The van der Waals surface area contributed by atoms with Crippen LogP contribution in [0.5, 0.6) is 0 Å². The van der Waals surface area contributed by atoms with Gasteiger partial charge in [0.05, 0.1) is 18.4 Å². The fraction of sp³-hybridized carbons (Fsp3) is 0.333. The van der Waals surface area contributed by atoms with E-state index in [1.54, 1.807) is 23.6 Å². The number of hydrogen-bond donors (Lipinski definition) is 1. The van der Waals surface area contributed by atoms with Crippen LogP contribution in [0, 0.1) is 0 Å². The van der Waals surface area contributed by atoms with Crippen LogP contribution in [-0.2, 0) is 6.54 Å². The van der Waals surface area contributed by atoms with Crippen LogP contribution in [0.4, 0.5) is 5.69 Å². The minimum atomic E-state index is -0.0963. The molecule has 4 nitrogen and oxygen atoms in total. The molecule has 0 aliphatic heterocycles. The minimum Gasteiger partial charge on any atom is -0.381 e. The molecule has 0 aliphatic carbocycles. The third kappa shape index (κ3) is 3.20. The van der Waals surface area contributed by atoms with Crippen LogP contribution < -0.4 is 10.9 Å². The molecule has 0 saturated heterocycles. The Hall–Kier alpha value is -1.14. The number of aromatic nitrogens is 2. The maximum absolute atomic E-state index is 11.9. The third-order valence-corrected chi connectivity index (χ3v) is 4.22. The Balaban J connectivity index is 2.20. The zero-order chi connectivity index (χ0) is 13.1. The molecule has 6 heteroatoms. The van der Waals surface area contributed by atoms with Crippen molar-refractivity contribution in [1.82, 2.24) is 9.78 Å². The second-order valence-corrected chi connectivity index (χ2v) is 6.09. The number of thiophene rings is 1. The lowest BCUT2D eigenvalue weighted by Crippen LogP contribution is -2.23. The number of nitrogens with one attached hydrogen (secondary N) is 1. The summed E-state index contributed by atoms with van der Waals surface area (Å²) in [6.45, 7) is 4.54. The van der Waals surface area contributed by atoms with E-state index in [0.717, 1.165) is 15.0 Å². The van der Waals surface area contributed by atoms with Gasteiger partial charge < -0.3 is 5.32 Å². The highest BCUT2D eigenvalue weighted by Crippen LogP contribution is 2.22. The van der Waals surface area contributed by atoms with Crippen molar-refractivity contribution >= 4 is 33.0 Å². The molecule has 0 unspecified atom stereocenters. The normalized spacial score (nSPS) is 10.9. The van der Waals surface area contributed by atoms with Gasteiger partial charge in [0.2, 0.25) is 0 Å². The van der Waals surface area contributed by atoms with Crippen LogP contribution in [0.2, 0.25) is 0 Å². The molecule has 0 amide bonds. The SMILES string of the molecule is CC(C)Nc1cnn(Cc2sccc2Br)c(=O)c1. The Kier molecular flexibility index (Phi) is 4.19. The summed E-state index contributed by atoms with van der Waals surface area (Å²) in [7, 11) is 0. The Morgan fingerprint density at radius 2 is 2.33 bits per heavy atom. The molecule has 0 spiro atoms. The lowest BCUT2D eigenvalue weighted by molar-refractivity contribution is 0.644. The number of hydrogen-bond acceptors (Lipinski definition) is 4. The Morgan fingerprint density at radius 3 is 2.89 bits per heavy atom. The van der Waals surface area contributed by atoms with Gasteiger partial charge in [0, 0.05) is 21.5 Å². The van der Waals surface area contributed by atoms with Gasteiger partial charge in [-0.2, -0.15) is 5.10 Å². The molecular weight excluding hydrogens is 314 g/mol. The van der Waals surface area contributed by atoms with Crippen molar-refractivity contribution in [2.24, 2.45) is 0 Å². The highest BCUT2D eigenvalue weighted by molar-refractivity contribution is 9.10. The van der Waals surface area contributed by atoms with E-state index in [-0.39, 0.29) is 11.6 Å². The van der Waals surface area contributed by atoms with Gasteiger partial charge in [-0.05, 0) is 41.2 Å². The van der Waals surface area contributed by atoms with Gasteiger partial charge >= 0.3 is 0 Å². The summed E-state index contributed by atoms with van der Waals surface area (Å²) in [4.78, 5) is 13.0. The molecule has 2 aromatic heterocycles. The van der Waals surface area contributed by atoms with E-state index in [0.29, 0.717) is 6.54 Å². The standard InChI is InChI=1S/C12H14BrN3OS/c1-8(2)15-9-5-12(17)16(14-6-9)7-11-10(13)3-4-18-11/h3-6,8,15H,7H2,1-2H3. The van der Waals surface area contributed by atoms with Gasteiger partial charge in [-0.25, -0.2) is 4.68 Å². The largest absolute Gasteiger partial charge is 0.381 e. The smallest absolute Gasteiger partial charge is 0.269 e. The lowest BCUT2D eigenvalue weighted by atomic mass is 10.3. The molecule has 0 radical (unpaired) electrons. The summed E-state index contributed by atoms with van der Waals surface area (Å²) in [5.41, 5.74) is 0.664. The molecule has 96 valence electrons. The fourth-order valence-electron chi connectivity index (χ4n) is 1.54. The number of rotatable bonds is 4. The van der Waals surface area contributed by atoms with E-state index in [1.165, 1.54) is 4.68 Å². The first kappa shape index (κ1) is 13.3. The molecule has 2 heterocycles. The van der Waals surface area contributed by atoms with E-state index in [4.69, 9.17) is 0 Å². The number of anilines is 1. The second kappa shape index (κ2) is 5.67. The summed E-state index contributed by atoms with van der Waals surface area (Å²) in [6.07, 6.45) is 1.68. The van der Waals surface area contributed by atoms with Crippen molar-refractivity contribution in [1.29, 1.82) is 0 Å². The molecule has 0 bridgehead atoms. The third-order valence-electron chi connectivity index (χ3n) is 2.31. The molecule has 0 aliphatic rings. The topological polar surface area (TPSA) is 46.9 Å². The van der Waals surface area contributed by atoms with E-state index in [2.05, 4.69) is 26.3 Å². The predicted octanol–water partition coefficient (Wildman–Crippen LogP) is 2.94. The van der Waals surface area contributed by atoms with Crippen LogP contribution >= 0.6 is 27.3 Å². The Labute approximate surface area is 118 Å². The van der Waals surface area contributed by atoms with Gasteiger partial charge in [0.15, 0.2) is 0 Å². The average molecular weight is 328 g/mol. The number of halogens is 1. The maximum Gasteiger partial charge on any atom is 0.269 e. The predicted molar refractivity (Wildman–Crippen MR) is 78.4 cm³/mol.